The molecule has 5 nitrogen and oxygen atoms in total. The number of rotatable bonds is 1. The van der Waals surface area contributed by atoms with Crippen LogP contribution in [0.25, 0.3) is 0 Å². The van der Waals surface area contributed by atoms with Gasteiger partial charge < -0.3 is 15.9 Å². The average Bonchev–Trinajstić information content (AvgIpc) is 2.70. The SMILES string of the molecule is CC(=NO)C1CCCC1.CC(C)=NO.O. The van der Waals surface area contributed by atoms with Crippen molar-refractivity contribution in [1.82, 2.24) is 0 Å². The number of nitrogens with zero attached hydrogens (tertiary/aromatic N) is 2. The van der Waals surface area contributed by atoms with E-state index in [1.54, 1.807) is 13.8 Å². The van der Waals surface area contributed by atoms with Crippen LogP contribution < -0.4 is 0 Å². The van der Waals surface area contributed by atoms with Crippen LogP contribution in [0, 0.1) is 5.92 Å². The number of oxime groups is 2. The Hall–Kier alpha value is -1.10. The smallest absolute Gasteiger partial charge is 0.0570 e. The van der Waals surface area contributed by atoms with Gasteiger partial charge in [-0.05, 0) is 33.6 Å². The largest absolute Gasteiger partial charge is 0.412 e. The topological polar surface area (TPSA) is 96.7 Å². The third kappa shape index (κ3) is 7.93. The number of hydrogen-bond acceptors (Lipinski definition) is 4. The van der Waals surface area contributed by atoms with Gasteiger partial charge in [-0.2, -0.15) is 0 Å². The van der Waals surface area contributed by atoms with E-state index in [0.29, 0.717) is 11.6 Å². The Morgan fingerprint density at radius 2 is 1.40 bits per heavy atom. The summed E-state index contributed by atoms with van der Waals surface area (Å²) in [6.07, 6.45) is 5.04. The summed E-state index contributed by atoms with van der Waals surface area (Å²) in [5.41, 5.74) is 1.59. The zero-order valence-electron chi connectivity index (χ0n) is 9.69. The molecule has 15 heavy (non-hydrogen) atoms. The molecule has 0 aromatic carbocycles. The molecule has 0 spiro atoms. The highest BCUT2D eigenvalue weighted by atomic mass is 16.4. The maximum Gasteiger partial charge on any atom is 0.0570 e. The van der Waals surface area contributed by atoms with E-state index in [-0.39, 0.29) is 5.48 Å². The predicted molar refractivity (Wildman–Crippen MR) is 61.0 cm³/mol. The molecule has 4 N–H and O–H groups in total. The highest BCUT2D eigenvalue weighted by molar-refractivity contribution is 5.83. The highest BCUT2D eigenvalue weighted by Crippen LogP contribution is 2.25. The fraction of sp³-hybridized carbons (Fsp3) is 0.800. The lowest BCUT2D eigenvalue weighted by atomic mass is 10.0. The minimum Gasteiger partial charge on any atom is -0.412 e. The van der Waals surface area contributed by atoms with E-state index in [0.717, 1.165) is 5.71 Å². The second kappa shape index (κ2) is 9.45. The maximum absolute atomic E-state index is 8.38. The minimum atomic E-state index is 0. The van der Waals surface area contributed by atoms with Crippen molar-refractivity contribution in [2.75, 3.05) is 0 Å². The molecule has 1 aliphatic carbocycles. The van der Waals surface area contributed by atoms with E-state index in [9.17, 15) is 0 Å². The third-order valence-corrected chi connectivity index (χ3v) is 2.30. The molecule has 0 bridgehead atoms. The van der Waals surface area contributed by atoms with Gasteiger partial charge in [0, 0.05) is 5.92 Å². The highest BCUT2D eigenvalue weighted by Gasteiger charge is 2.17. The Morgan fingerprint density at radius 1 is 1.00 bits per heavy atom. The first-order valence-electron chi connectivity index (χ1n) is 4.95. The van der Waals surface area contributed by atoms with Gasteiger partial charge in [-0.15, -0.1) is 0 Å². The minimum absolute atomic E-state index is 0. The van der Waals surface area contributed by atoms with Gasteiger partial charge in [-0.3, -0.25) is 0 Å². The molecule has 0 aromatic rings. The van der Waals surface area contributed by atoms with Gasteiger partial charge in [0.1, 0.15) is 0 Å². The van der Waals surface area contributed by atoms with Crippen molar-refractivity contribution in [1.29, 1.82) is 0 Å². The molecule has 0 radical (unpaired) electrons. The van der Waals surface area contributed by atoms with Crippen LogP contribution in [0.2, 0.25) is 0 Å². The van der Waals surface area contributed by atoms with Crippen LogP contribution in [0.3, 0.4) is 0 Å². The van der Waals surface area contributed by atoms with E-state index in [1.165, 1.54) is 25.7 Å². The van der Waals surface area contributed by atoms with Crippen LogP contribution in [-0.4, -0.2) is 27.3 Å². The van der Waals surface area contributed by atoms with Gasteiger partial charge in [0.15, 0.2) is 0 Å². The quantitative estimate of drug-likeness (QED) is 0.400. The molecular weight excluding hydrogens is 196 g/mol. The van der Waals surface area contributed by atoms with E-state index in [2.05, 4.69) is 10.3 Å². The van der Waals surface area contributed by atoms with E-state index >= 15 is 0 Å². The molecule has 1 aliphatic rings. The fourth-order valence-corrected chi connectivity index (χ4v) is 1.43. The maximum atomic E-state index is 8.38. The molecule has 90 valence electrons. The second-order valence-electron chi connectivity index (χ2n) is 3.77. The molecule has 0 unspecified atom stereocenters. The molecule has 0 atom stereocenters. The fourth-order valence-electron chi connectivity index (χ4n) is 1.43. The first kappa shape index (κ1) is 16.3. The predicted octanol–water partition coefficient (Wildman–Crippen LogP) is 2.06. The van der Waals surface area contributed by atoms with Crippen molar-refractivity contribution < 1.29 is 15.9 Å². The van der Waals surface area contributed by atoms with E-state index in [1.807, 2.05) is 6.92 Å². The van der Waals surface area contributed by atoms with Gasteiger partial charge in [0.2, 0.25) is 0 Å². The van der Waals surface area contributed by atoms with Gasteiger partial charge in [-0.1, -0.05) is 23.2 Å². The summed E-state index contributed by atoms with van der Waals surface area (Å²) in [5.74, 6) is 0.579. The van der Waals surface area contributed by atoms with Gasteiger partial charge in [0.05, 0.1) is 11.4 Å². The standard InChI is InChI=1S/C7H13NO.C3H7NO.H2O/c1-6(8-9)7-4-2-3-5-7;1-3(2)4-5;/h7,9H,2-5H2,1H3;5H,1-2H3;1H2. The van der Waals surface area contributed by atoms with Gasteiger partial charge in [0.25, 0.3) is 0 Å². The van der Waals surface area contributed by atoms with Crippen molar-refractivity contribution in [3.8, 4) is 0 Å². The normalized spacial score (nSPS) is 16.1. The molecule has 5 heteroatoms. The monoisotopic (exact) mass is 218 g/mol. The van der Waals surface area contributed by atoms with Crippen LogP contribution >= 0.6 is 0 Å². The lowest BCUT2D eigenvalue weighted by Gasteiger charge is -2.03. The summed E-state index contributed by atoms with van der Waals surface area (Å²) in [6, 6.07) is 0. The lowest BCUT2D eigenvalue weighted by molar-refractivity contribution is 0.314. The molecule has 1 fully saturated rings. The van der Waals surface area contributed by atoms with Crippen molar-refractivity contribution >= 4 is 11.4 Å². The summed E-state index contributed by atoms with van der Waals surface area (Å²) in [4.78, 5) is 0. The summed E-state index contributed by atoms with van der Waals surface area (Å²) in [6.45, 7) is 5.34. The Labute approximate surface area is 90.8 Å². The molecule has 0 saturated heterocycles. The third-order valence-electron chi connectivity index (χ3n) is 2.30. The Bertz CT molecular complexity index is 205. The first-order chi connectivity index (χ1) is 6.61. The van der Waals surface area contributed by atoms with E-state index < -0.39 is 0 Å². The van der Waals surface area contributed by atoms with Gasteiger partial charge >= 0.3 is 0 Å². The van der Waals surface area contributed by atoms with Crippen LogP contribution in [0.4, 0.5) is 0 Å². The average molecular weight is 218 g/mol. The molecule has 1 saturated carbocycles. The van der Waals surface area contributed by atoms with Gasteiger partial charge in [-0.25, -0.2) is 0 Å². The van der Waals surface area contributed by atoms with Crippen LogP contribution in [0.1, 0.15) is 46.5 Å². The number of hydrogen-bond donors (Lipinski definition) is 2. The van der Waals surface area contributed by atoms with Crippen molar-refractivity contribution in [3.05, 3.63) is 0 Å². The molecule has 0 aromatic heterocycles. The van der Waals surface area contributed by atoms with Crippen molar-refractivity contribution in [2.24, 2.45) is 16.2 Å². The zero-order valence-corrected chi connectivity index (χ0v) is 9.69. The van der Waals surface area contributed by atoms with Crippen LogP contribution in [0.5, 0.6) is 0 Å². The zero-order chi connectivity index (χ0) is 11.0. The van der Waals surface area contributed by atoms with Crippen molar-refractivity contribution in [3.63, 3.8) is 0 Å². The van der Waals surface area contributed by atoms with Crippen molar-refractivity contribution in [2.45, 2.75) is 46.5 Å². The summed E-state index contributed by atoms with van der Waals surface area (Å²) < 4.78 is 0. The molecule has 0 heterocycles. The molecular formula is C10H22N2O3. The van der Waals surface area contributed by atoms with Crippen LogP contribution in [0.15, 0.2) is 10.3 Å². The molecule has 0 aliphatic heterocycles. The Kier molecular flexibility index (Phi) is 10.3. The van der Waals surface area contributed by atoms with Crippen LogP contribution in [-0.2, 0) is 0 Å². The van der Waals surface area contributed by atoms with E-state index in [4.69, 9.17) is 10.4 Å². The second-order valence-corrected chi connectivity index (χ2v) is 3.77. The Balaban J connectivity index is 0. The molecule has 0 amide bonds. The summed E-state index contributed by atoms with van der Waals surface area (Å²) >= 11 is 0. The summed E-state index contributed by atoms with van der Waals surface area (Å²) in [7, 11) is 0. The summed E-state index contributed by atoms with van der Waals surface area (Å²) in [5, 5.41) is 22.1. The first-order valence-corrected chi connectivity index (χ1v) is 4.95. The molecule has 1 rings (SSSR count). The lowest BCUT2D eigenvalue weighted by Crippen LogP contribution is -2.05. The Morgan fingerprint density at radius 3 is 1.67 bits per heavy atom.